The molecule has 3 saturated heterocycles. The fourth-order valence-corrected chi connectivity index (χ4v) is 7.64. The predicted octanol–water partition coefficient (Wildman–Crippen LogP) is 2.65. The van der Waals surface area contributed by atoms with Crippen molar-refractivity contribution in [1.82, 2.24) is 4.90 Å². The van der Waals surface area contributed by atoms with Crippen LogP contribution in [0.25, 0.3) is 0 Å². The van der Waals surface area contributed by atoms with Crippen molar-refractivity contribution in [2.45, 2.75) is 140 Å². The van der Waals surface area contributed by atoms with Crippen LogP contribution in [0, 0.1) is 23.7 Å². The molecule has 0 aromatic rings. The number of epoxide rings is 1. The Morgan fingerprint density at radius 2 is 1.56 bits per heavy atom. The first kappa shape index (κ1) is 41.0. The van der Waals surface area contributed by atoms with Crippen molar-refractivity contribution in [3.8, 4) is 0 Å². The quantitative estimate of drug-likeness (QED) is 0.266. The summed E-state index contributed by atoms with van der Waals surface area (Å²) >= 11 is 0. The Morgan fingerprint density at radius 1 is 0.860 bits per heavy atom. The molecule has 0 radical (unpaired) electrons. The molecular formula is C37H61NO12. The first-order valence-electron chi connectivity index (χ1n) is 18.1. The molecule has 3 fully saturated rings. The van der Waals surface area contributed by atoms with E-state index in [-0.39, 0.29) is 54.5 Å². The number of methoxy groups -OCH3 is 2. The van der Waals surface area contributed by atoms with Crippen LogP contribution >= 0.6 is 0 Å². The SMILES string of the molecule is CC[C@H]1OC(=O)/C=C/[C@H](C)[C@@H](O[C@@H]2O[C@H](C)C[C@H](N(C)C)[C@H]2O)[C@@H](C)C[C@@H](C)C(=O)C=C[C@@H]2O[C@H]2[C@@H]1CO[C@@H]1O[C@H](C)[C@@H](O)[C@@H](OC)[C@H]1OC. The van der Waals surface area contributed by atoms with E-state index in [0.29, 0.717) is 19.3 Å². The minimum absolute atomic E-state index is 0.0293. The maximum absolute atomic E-state index is 13.4. The molecule has 2 N–H and O–H groups in total. The number of fused-ring (bicyclic) bond motifs is 1. The summed E-state index contributed by atoms with van der Waals surface area (Å²) in [6.07, 6.45) is 0.848. The van der Waals surface area contributed by atoms with Gasteiger partial charge in [-0.3, -0.25) is 4.79 Å². The molecular weight excluding hydrogens is 650 g/mol. The summed E-state index contributed by atoms with van der Waals surface area (Å²) < 4.78 is 48.1. The van der Waals surface area contributed by atoms with Gasteiger partial charge in [-0.05, 0) is 65.3 Å². The van der Waals surface area contributed by atoms with Crippen molar-refractivity contribution in [2.24, 2.45) is 23.7 Å². The molecule has 0 unspecified atom stereocenters. The highest BCUT2D eigenvalue weighted by atomic mass is 16.7. The van der Waals surface area contributed by atoms with Crippen molar-refractivity contribution in [3.63, 3.8) is 0 Å². The van der Waals surface area contributed by atoms with Crippen LogP contribution in [0.2, 0.25) is 0 Å². The van der Waals surface area contributed by atoms with Gasteiger partial charge in [0.05, 0.1) is 31.0 Å². The molecule has 4 rings (SSSR count). The van der Waals surface area contributed by atoms with Gasteiger partial charge < -0.3 is 53.0 Å². The molecule has 0 saturated carbocycles. The number of rotatable bonds is 9. The van der Waals surface area contributed by atoms with Gasteiger partial charge >= 0.3 is 5.97 Å². The monoisotopic (exact) mass is 711 g/mol. The van der Waals surface area contributed by atoms with Gasteiger partial charge in [0.25, 0.3) is 0 Å². The van der Waals surface area contributed by atoms with Gasteiger partial charge in [-0.1, -0.05) is 33.8 Å². The molecule has 13 heteroatoms. The Balaban J connectivity index is 1.56. The number of hydrogen-bond acceptors (Lipinski definition) is 13. The average Bonchev–Trinajstić information content (AvgIpc) is 3.85. The van der Waals surface area contributed by atoms with Gasteiger partial charge in [0.1, 0.15) is 36.6 Å². The van der Waals surface area contributed by atoms with Crippen molar-refractivity contribution in [2.75, 3.05) is 34.9 Å². The van der Waals surface area contributed by atoms with Crippen LogP contribution in [-0.2, 0) is 47.5 Å². The van der Waals surface area contributed by atoms with E-state index in [2.05, 4.69) is 0 Å². The highest BCUT2D eigenvalue weighted by Gasteiger charge is 2.50. The van der Waals surface area contributed by atoms with E-state index in [9.17, 15) is 19.8 Å². The number of likely N-dealkylation sites (N-methyl/N-ethyl adjacent to an activating group) is 1. The number of aliphatic hydroxyl groups is 2. The standard InChI is InChI=1S/C37H61NO12/c1-11-27-24(18-45-37-35(44-10)34(43-9)30(41)23(6)47-37)33-28(49-33)14-13-26(39)20(3)16-21(4)32(19(2)12-15-29(40)48-27)50-36-31(42)25(38(7)8)17-22(5)46-36/h12-15,19-25,27-28,30-37,41-42H,11,16-18H2,1-10H3/b14-13?,15-12+/t19-,20+,21-,22+,23+,24+,25-,27+,28-,30+,31+,32+,33-,34+,35+,36-,37+/m0/s1. The molecule has 4 aliphatic rings. The largest absolute Gasteiger partial charge is 0.459 e. The number of hydrogen-bond donors (Lipinski definition) is 2. The van der Waals surface area contributed by atoms with Crippen molar-refractivity contribution in [3.05, 3.63) is 24.3 Å². The summed E-state index contributed by atoms with van der Waals surface area (Å²) in [5, 5.41) is 21.8. The van der Waals surface area contributed by atoms with Crippen LogP contribution in [0.15, 0.2) is 24.3 Å². The van der Waals surface area contributed by atoms with E-state index in [1.807, 2.05) is 53.6 Å². The number of ether oxygens (including phenoxy) is 8. The van der Waals surface area contributed by atoms with Gasteiger partial charge in [0.2, 0.25) is 0 Å². The average molecular weight is 712 g/mol. The number of cyclic esters (lactones) is 1. The fraction of sp³-hybridized carbons (Fsp3) is 0.838. The van der Waals surface area contributed by atoms with Gasteiger partial charge in [-0.25, -0.2) is 4.79 Å². The molecule has 4 heterocycles. The minimum Gasteiger partial charge on any atom is -0.459 e. The molecule has 0 aliphatic carbocycles. The van der Waals surface area contributed by atoms with E-state index in [0.717, 1.165) is 0 Å². The number of carbonyl (C=O) groups is 2. The fourth-order valence-electron chi connectivity index (χ4n) is 7.64. The molecule has 17 atom stereocenters. The summed E-state index contributed by atoms with van der Waals surface area (Å²) in [5.74, 6) is -1.66. The number of ketones is 1. The molecule has 50 heavy (non-hydrogen) atoms. The summed E-state index contributed by atoms with van der Waals surface area (Å²) in [6, 6.07) is -0.144. The number of nitrogens with zero attached hydrogens (tertiary/aromatic N) is 1. The Hall–Kier alpha value is -1.78. The summed E-state index contributed by atoms with van der Waals surface area (Å²) in [5.41, 5.74) is 0. The van der Waals surface area contributed by atoms with E-state index >= 15 is 0 Å². The van der Waals surface area contributed by atoms with Crippen molar-refractivity contribution >= 4 is 11.8 Å². The summed E-state index contributed by atoms with van der Waals surface area (Å²) in [6.45, 7) is 11.6. The highest BCUT2D eigenvalue weighted by Crippen LogP contribution is 2.37. The highest BCUT2D eigenvalue weighted by molar-refractivity contribution is 5.91. The van der Waals surface area contributed by atoms with Gasteiger partial charge in [0, 0.05) is 44.1 Å². The molecule has 0 spiro atoms. The Bertz CT molecular complexity index is 1170. The Morgan fingerprint density at radius 3 is 2.20 bits per heavy atom. The molecule has 0 bridgehead atoms. The van der Waals surface area contributed by atoms with E-state index in [1.54, 1.807) is 25.2 Å². The normalized spacial score (nSPS) is 45.6. The molecule has 4 aliphatic heterocycles. The van der Waals surface area contributed by atoms with Crippen LogP contribution in [0.5, 0.6) is 0 Å². The number of esters is 1. The summed E-state index contributed by atoms with van der Waals surface area (Å²) in [7, 11) is 6.85. The molecule has 0 aromatic heterocycles. The zero-order chi connectivity index (χ0) is 36.9. The van der Waals surface area contributed by atoms with Crippen molar-refractivity contribution in [1.29, 1.82) is 0 Å². The third-order valence-corrected chi connectivity index (χ3v) is 10.7. The van der Waals surface area contributed by atoms with Gasteiger partial charge in [-0.15, -0.1) is 0 Å². The zero-order valence-electron chi connectivity index (χ0n) is 31.4. The lowest BCUT2D eigenvalue weighted by Crippen LogP contribution is -2.59. The lowest BCUT2D eigenvalue weighted by Gasteiger charge is -2.43. The lowest BCUT2D eigenvalue weighted by atomic mass is 9.84. The maximum Gasteiger partial charge on any atom is 0.330 e. The zero-order valence-corrected chi connectivity index (χ0v) is 31.4. The van der Waals surface area contributed by atoms with Crippen molar-refractivity contribution < 1.29 is 57.7 Å². The van der Waals surface area contributed by atoms with E-state index in [1.165, 1.54) is 20.3 Å². The summed E-state index contributed by atoms with van der Waals surface area (Å²) in [4.78, 5) is 28.7. The maximum atomic E-state index is 13.4. The first-order valence-corrected chi connectivity index (χ1v) is 18.1. The smallest absolute Gasteiger partial charge is 0.330 e. The van der Waals surface area contributed by atoms with Gasteiger partial charge in [-0.2, -0.15) is 0 Å². The Labute approximate surface area is 297 Å². The Kier molecular flexibility index (Phi) is 15.0. The second-order valence-corrected chi connectivity index (χ2v) is 14.8. The van der Waals surface area contributed by atoms with E-state index < -0.39 is 67.2 Å². The van der Waals surface area contributed by atoms with Crippen LogP contribution in [-0.4, -0.2) is 141 Å². The number of aliphatic hydroxyl groups excluding tert-OH is 2. The van der Waals surface area contributed by atoms with Crippen LogP contribution in [0.3, 0.4) is 0 Å². The topological polar surface area (TPSA) is 155 Å². The predicted molar refractivity (Wildman–Crippen MR) is 183 cm³/mol. The van der Waals surface area contributed by atoms with Crippen LogP contribution < -0.4 is 0 Å². The molecule has 0 aromatic carbocycles. The first-order chi connectivity index (χ1) is 23.7. The molecule has 0 amide bonds. The van der Waals surface area contributed by atoms with Gasteiger partial charge in [0.15, 0.2) is 18.4 Å². The minimum atomic E-state index is -0.904. The second kappa shape index (κ2) is 18.3. The van der Waals surface area contributed by atoms with Crippen LogP contribution in [0.1, 0.15) is 60.8 Å². The number of carbonyl (C=O) groups excluding carboxylic acids is 2. The second-order valence-electron chi connectivity index (χ2n) is 14.8. The molecule has 286 valence electrons. The molecule has 13 nitrogen and oxygen atoms in total. The third-order valence-electron chi connectivity index (χ3n) is 10.7. The number of allylic oxidation sites excluding steroid dienone is 1. The third kappa shape index (κ3) is 10.00. The lowest BCUT2D eigenvalue weighted by molar-refractivity contribution is -0.305. The van der Waals surface area contributed by atoms with Crippen LogP contribution in [0.4, 0.5) is 0 Å². The van der Waals surface area contributed by atoms with E-state index in [4.69, 9.17) is 37.9 Å².